The van der Waals surface area contributed by atoms with E-state index in [2.05, 4.69) is 53.6 Å². The van der Waals surface area contributed by atoms with E-state index in [-0.39, 0.29) is 26.2 Å². The minimum Gasteiger partial charge on any atom is -0.332 e. The normalized spacial score (nSPS) is 6.50. The van der Waals surface area contributed by atoms with E-state index in [0.717, 1.165) is 9.52 Å². The second kappa shape index (κ2) is 40.1. The molecule has 1 radical (unpaired) electrons. The molecule has 0 spiro atoms. The van der Waals surface area contributed by atoms with Crippen LogP contribution < -0.4 is 0 Å². The van der Waals surface area contributed by atoms with Gasteiger partial charge in [0, 0.05) is 9.52 Å². The molecule has 0 unspecified atom stereocenters. The van der Waals surface area contributed by atoms with Crippen molar-refractivity contribution in [3.05, 3.63) is 12.8 Å². The quantitative estimate of drug-likeness (QED) is 0.526. The number of hydrogen-bond donors (Lipinski definition) is 0. The van der Waals surface area contributed by atoms with E-state index in [9.17, 15) is 0 Å². The van der Waals surface area contributed by atoms with Gasteiger partial charge in [-0.15, -0.1) is 0 Å². The van der Waals surface area contributed by atoms with Crippen LogP contribution >= 0.6 is 0 Å². The molecule has 0 aromatic heterocycles. The third-order valence-corrected chi connectivity index (χ3v) is 0.816. The fraction of sp³-hybridized carbons (Fsp3) is 0.800. The second-order valence-corrected chi connectivity index (χ2v) is 3.37. The largest absolute Gasteiger partial charge is 2.00 e. The first-order valence-electron chi connectivity index (χ1n) is 4.54. The van der Waals surface area contributed by atoms with Crippen molar-refractivity contribution in [2.24, 2.45) is 0 Å². The third kappa shape index (κ3) is 118. The van der Waals surface area contributed by atoms with Crippen molar-refractivity contribution >= 4 is 9.52 Å². The Balaban J connectivity index is -0.0000000389. The molecular formula is C10H25SiZr. The first-order valence-corrected chi connectivity index (χ1v) is 6.85. The zero-order chi connectivity index (χ0) is 9.54. The van der Waals surface area contributed by atoms with Crippen LogP contribution in [0, 0.1) is 12.8 Å². The minimum absolute atomic E-state index is 0. The Hall–Kier alpha value is 1.10. The van der Waals surface area contributed by atoms with Gasteiger partial charge in [0.25, 0.3) is 0 Å². The summed E-state index contributed by atoms with van der Waals surface area (Å²) < 4.78 is 0. The Morgan fingerprint density at radius 3 is 1.00 bits per heavy atom. The number of unbranched alkanes of at least 4 members (excludes halogenated alkanes) is 2. The van der Waals surface area contributed by atoms with Gasteiger partial charge >= 0.3 is 26.2 Å². The molecule has 0 aliphatic heterocycles. The monoisotopic (exact) mass is 263 g/mol. The summed E-state index contributed by atoms with van der Waals surface area (Å²) >= 11 is 0. The molecule has 0 nitrogen and oxygen atoms in total. The van der Waals surface area contributed by atoms with Gasteiger partial charge < -0.3 is 12.8 Å². The van der Waals surface area contributed by atoms with Gasteiger partial charge in [0.05, 0.1) is 0 Å². The van der Waals surface area contributed by atoms with Crippen LogP contribution in [0.25, 0.3) is 0 Å². The van der Waals surface area contributed by atoms with E-state index in [1.807, 2.05) is 0 Å². The molecule has 2 heteroatoms. The van der Waals surface area contributed by atoms with Crippen LogP contribution in [0.1, 0.15) is 40.5 Å². The van der Waals surface area contributed by atoms with Crippen molar-refractivity contribution in [1.29, 1.82) is 0 Å². The summed E-state index contributed by atoms with van der Waals surface area (Å²) in [5.41, 5.74) is 0. The van der Waals surface area contributed by atoms with Gasteiger partial charge in [-0.05, 0) is 0 Å². The van der Waals surface area contributed by atoms with E-state index >= 15 is 0 Å². The predicted octanol–water partition coefficient (Wildman–Crippen LogP) is 3.76. The van der Waals surface area contributed by atoms with Gasteiger partial charge in [-0.2, -0.15) is 26.7 Å². The number of hydrogen-bond acceptors (Lipinski definition) is 0. The summed E-state index contributed by atoms with van der Waals surface area (Å²) in [5.74, 6) is 0. The Morgan fingerprint density at radius 1 is 0.917 bits per heavy atom. The average Bonchev–Trinajstić information content (AvgIpc) is 2.06. The van der Waals surface area contributed by atoms with Crippen LogP contribution in [-0.2, 0) is 26.2 Å². The van der Waals surface area contributed by atoms with Gasteiger partial charge in [-0.25, -0.2) is 0 Å². The molecule has 0 fully saturated rings. The maximum atomic E-state index is 2.21. The summed E-state index contributed by atoms with van der Waals surface area (Å²) in [6.45, 7) is 12.8. The van der Waals surface area contributed by atoms with Gasteiger partial charge in [0.2, 0.25) is 0 Å². The van der Waals surface area contributed by atoms with Gasteiger partial charge in [-0.1, -0.05) is 26.9 Å². The summed E-state index contributed by atoms with van der Waals surface area (Å²) in [7, 11) is 0.750. The fourth-order valence-corrected chi connectivity index (χ4v) is 0. The van der Waals surface area contributed by atoms with Crippen LogP contribution in [0.5, 0.6) is 0 Å². The van der Waals surface area contributed by atoms with Crippen LogP contribution in [-0.4, -0.2) is 9.52 Å². The van der Waals surface area contributed by atoms with Gasteiger partial charge in [-0.3, -0.25) is 0 Å². The topological polar surface area (TPSA) is 0 Å². The Kier molecular flexibility index (Phi) is 77.3. The number of rotatable bonds is 2. The maximum absolute atomic E-state index is 2.21. The molecule has 0 aromatic carbocycles. The van der Waals surface area contributed by atoms with E-state index in [4.69, 9.17) is 0 Å². The van der Waals surface area contributed by atoms with E-state index < -0.39 is 0 Å². The van der Waals surface area contributed by atoms with Crippen molar-refractivity contribution in [1.82, 2.24) is 0 Å². The summed E-state index contributed by atoms with van der Waals surface area (Å²) in [4.78, 5) is 0. The van der Waals surface area contributed by atoms with Crippen molar-refractivity contribution < 1.29 is 26.2 Å². The molecular weight excluding hydrogens is 239 g/mol. The Bertz CT molecular complexity index is 25.0. The molecule has 0 aliphatic carbocycles. The van der Waals surface area contributed by atoms with Crippen LogP contribution in [0.15, 0.2) is 0 Å². The summed E-state index contributed by atoms with van der Waals surface area (Å²) in [6.07, 6.45) is 6.64. The van der Waals surface area contributed by atoms with Gasteiger partial charge in [0.15, 0.2) is 0 Å². The predicted molar refractivity (Wildman–Crippen MR) is 59.4 cm³/mol. The zero-order valence-corrected chi connectivity index (χ0v) is 13.3. The average molecular weight is 265 g/mol. The Morgan fingerprint density at radius 2 is 1.00 bits per heavy atom. The molecule has 0 rings (SSSR count). The second-order valence-electron chi connectivity index (χ2n) is 2.21. The van der Waals surface area contributed by atoms with Crippen molar-refractivity contribution in [2.75, 3.05) is 0 Å². The molecule has 0 aromatic rings. The molecule has 73 valence electrons. The standard InChI is InChI=1S/2C4H9.C2H7Si.Zr/c2*1-3-4-2;1-3-2;/h2*3H,4H2,1-2H3;3H,1-2H3;/q2*-1;;+2. The third-order valence-electron chi connectivity index (χ3n) is 0.816. The minimum atomic E-state index is 0. The molecule has 0 amide bonds. The summed E-state index contributed by atoms with van der Waals surface area (Å²) in [5, 5.41) is 0. The first kappa shape index (κ1) is 23.2. The van der Waals surface area contributed by atoms with Crippen LogP contribution in [0.3, 0.4) is 0 Å². The Labute approximate surface area is 102 Å². The molecule has 0 aliphatic rings. The van der Waals surface area contributed by atoms with Crippen LogP contribution in [0.4, 0.5) is 0 Å². The van der Waals surface area contributed by atoms with Crippen LogP contribution in [0.2, 0.25) is 13.1 Å². The molecule has 0 atom stereocenters. The van der Waals surface area contributed by atoms with E-state index in [1.165, 1.54) is 12.8 Å². The first-order chi connectivity index (χ1) is 5.24. The van der Waals surface area contributed by atoms with E-state index in [0.29, 0.717) is 0 Å². The summed E-state index contributed by atoms with van der Waals surface area (Å²) in [6, 6.07) is 0. The van der Waals surface area contributed by atoms with E-state index in [1.54, 1.807) is 0 Å². The fourth-order valence-electron chi connectivity index (χ4n) is 0. The van der Waals surface area contributed by atoms with Crippen molar-refractivity contribution in [3.63, 3.8) is 0 Å². The van der Waals surface area contributed by atoms with Gasteiger partial charge in [0.1, 0.15) is 0 Å². The zero-order valence-electron chi connectivity index (χ0n) is 9.65. The molecule has 0 saturated heterocycles. The molecule has 0 saturated carbocycles. The molecule has 0 heterocycles. The van der Waals surface area contributed by atoms with Crippen molar-refractivity contribution in [2.45, 2.75) is 53.6 Å². The molecule has 12 heavy (non-hydrogen) atoms. The SMILES string of the molecule is C[CH-]CC.C[CH-]CC.C[SiH]C.[Zr+2]. The maximum Gasteiger partial charge on any atom is 2.00 e. The smallest absolute Gasteiger partial charge is 0.332 e. The molecule has 0 N–H and O–H groups in total. The molecule has 0 bridgehead atoms. The van der Waals surface area contributed by atoms with Crippen molar-refractivity contribution in [3.8, 4) is 0 Å².